The Morgan fingerprint density at radius 2 is 1.68 bits per heavy atom. The second kappa shape index (κ2) is 10.1. The highest BCUT2D eigenvalue weighted by Crippen LogP contribution is 2.45. The molecule has 2 heterocycles. The van der Waals surface area contributed by atoms with E-state index in [0.29, 0.717) is 53.9 Å². The van der Waals surface area contributed by atoms with Gasteiger partial charge in [-0.3, -0.25) is 9.69 Å². The zero-order valence-electron chi connectivity index (χ0n) is 21.5. The lowest BCUT2D eigenvalue weighted by Crippen LogP contribution is -2.32. The fourth-order valence-corrected chi connectivity index (χ4v) is 4.85. The largest absolute Gasteiger partial charge is 0.496 e. The topological polar surface area (TPSA) is 75.7 Å². The molecule has 192 valence electrons. The molecule has 3 aromatic carbocycles. The fraction of sp³-hybridized carbons (Fsp3) is 0.276. The number of hydrogen-bond donors (Lipinski definition) is 0. The van der Waals surface area contributed by atoms with E-state index in [1.807, 2.05) is 37.3 Å². The van der Waals surface area contributed by atoms with Crippen LogP contribution < -0.4 is 28.4 Å². The van der Waals surface area contributed by atoms with Crippen molar-refractivity contribution in [2.45, 2.75) is 20.0 Å². The van der Waals surface area contributed by atoms with Gasteiger partial charge in [0.15, 0.2) is 17.3 Å². The summed E-state index contributed by atoms with van der Waals surface area (Å²) >= 11 is 0. The number of Topliss-reactive ketones (excluding diaryl/α,β-unsaturated/α-hetero) is 1. The maximum Gasteiger partial charge on any atom is 0.231 e. The molecule has 3 aromatic rings. The van der Waals surface area contributed by atoms with E-state index in [4.69, 9.17) is 28.4 Å². The smallest absolute Gasteiger partial charge is 0.231 e. The average molecular weight is 504 g/mol. The monoisotopic (exact) mass is 503 g/mol. The van der Waals surface area contributed by atoms with Crippen LogP contribution in [-0.4, -0.2) is 45.9 Å². The molecule has 0 atom stereocenters. The standard InChI is InChI=1S/C29H29NO7/c1-17-26-20(15-30(16-36-26)14-19-8-6-7-9-22(19)32-2)12-21-25(31)24(37-27(17)21)13-18-10-11-23(33-3)29(35-5)28(18)34-4/h6-13H,14-16H2,1-5H3/b24-13-. The van der Waals surface area contributed by atoms with Crippen LogP contribution in [0.5, 0.6) is 34.5 Å². The molecule has 8 heteroatoms. The number of benzene rings is 3. The molecule has 0 aliphatic carbocycles. The van der Waals surface area contributed by atoms with Crippen molar-refractivity contribution in [2.75, 3.05) is 35.2 Å². The van der Waals surface area contributed by atoms with Crippen LogP contribution in [0.25, 0.3) is 6.08 Å². The summed E-state index contributed by atoms with van der Waals surface area (Å²) in [6, 6.07) is 13.4. The van der Waals surface area contributed by atoms with Gasteiger partial charge in [-0.1, -0.05) is 18.2 Å². The van der Waals surface area contributed by atoms with Gasteiger partial charge in [0.05, 0.1) is 34.0 Å². The maximum absolute atomic E-state index is 13.4. The molecule has 2 aliphatic rings. The number of para-hydroxylation sites is 1. The van der Waals surface area contributed by atoms with Gasteiger partial charge in [-0.2, -0.15) is 0 Å². The number of carbonyl (C=O) groups is 1. The van der Waals surface area contributed by atoms with Gasteiger partial charge in [0, 0.05) is 35.3 Å². The predicted molar refractivity (Wildman–Crippen MR) is 138 cm³/mol. The summed E-state index contributed by atoms with van der Waals surface area (Å²) in [4.78, 5) is 15.6. The molecule has 0 bridgehead atoms. The zero-order valence-corrected chi connectivity index (χ0v) is 21.5. The van der Waals surface area contributed by atoms with Crippen molar-refractivity contribution in [3.8, 4) is 34.5 Å². The number of ether oxygens (including phenoxy) is 6. The predicted octanol–water partition coefficient (Wildman–Crippen LogP) is 5.00. The minimum Gasteiger partial charge on any atom is -0.496 e. The zero-order chi connectivity index (χ0) is 26.1. The van der Waals surface area contributed by atoms with E-state index >= 15 is 0 Å². The molecule has 0 spiro atoms. The summed E-state index contributed by atoms with van der Waals surface area (Å²) in [5.41, 5.74) is 3.98. The third-order valence-corrected chi connectivity index (χ3v) is 6.61. The highest BCUT2D eigenvalue weighted by atomic mass is 16.5. The molecule has 37 heavy (non-hydrogen) atoms. The van der Waals surface area contributed by atoms with E-state index in [0.717, 1.165) is 28.2 Å². The lowest BCUT2D eigenvalue weighted by atomic mass is 9.99. The van der Waals surface area contributed by atoms with Gasteiger partial charge < -0.3 is 28.4 Å². The van der Waals surface area contributed by atoms with Crippen molar-refractivity contribution < 1.29 is 33.2 Å². The minimum absolute atomic E-state index is 0.195. The first-order valence-electron chi connectivity index (χ1n) is 11.9. The molecule has 8 nitrogen and oxygen atoms in total. The SMILES string of the molecule is COc1ccccc1CN1COc2c(cc3c(c2C)O/C(=C\c2ccc(OC)c(OC)c2OC)C3=O)C1. The third kappa shape index (κ3) is 4.34. The van der Waals surface area contributed by atoms with Crippen LogP contribution in [0.2, 0.25) is 0 Å². The number of hydrogen-bond acceptors (Lipinski definition) is 8. The summed E-state index contributed by atoms with van der Waals surface area (Å²) < 4.78 is 34.1. The molecule has 0 radical (unpaired) electrons. The Balaban J connectivity index is 1.45. The molecule has 0 aromatic heterocycles. The second-order valence-corrected chi connectivity index (χ2v) is 8.80. The van der Waals surface area contributed by atoms with E-state index in [1.54, 1.807) is 32.4 Å². The van der Waals surface area contributed by atoms with Crippen molar-refractivity contribution in [1.82, 2.24) is 4.90 Å². The first-order valence-corrected chi connectivity index (χ1v) is 11.9. The quantitative estimate of drug-likeness (QED) is 0.417. The van der Waals surface area contributed by atoms with Crippen molar-refractivity contribution in [2.24, 2.45) is 0 Å². The van der Waals surface area contributed by atoms with E-state index < -0.39 is 0 Å². The lowest BCUT2D eigenvalue weighted by Gasteiger charge is -2.30. The molecule has 0 N–H and O–H groups in total. The number of carbonyl (C=O) groups excluding carboxylic acids is 1. The third-order valence-electron chi connectivity index (χ3n) is 6.61. The summed E-state index contributed by atoms with van der Waals surface area (Å²) in [5, 5.41) is 0. The van der Waals surface area contributed by atoms with Crippen molar-refractivity contribution in [3.05, 3.63) is 76.0 Å². The van der Waals surface area contributed by atoms with Gasteiger partial charge in [-0.05, 0) is 37.3 Å². The van der Waals surface area contributed by atoms with Gasteiger partial charge in [0.25, 0.3) is 0 Å². The number of rotatable bonds is 7. The Morgan fingerprint density at radius 1 is 0.919 bits per heavy atom. The van der Waals surface area contributed by atoms with Crippen LogP contribution in [0.4, 0.5) is 0 Å². The van der Waals surface area contributed by atoms with Crippen LogP contribution in [0.15, 0.2) is 48.2 Å². The van der Waals surface area contributed by atoms with E-state index in [9.17, 15) is 4.79 Å². The number of allylic oxidation sites excluding steroid dienone is 1. The minimum atomic E-state index is -0.195. The fourth-order valence-electron chi connectivity index (χ4n) is 4.85. The molecule has 5 rings (SSSR count). The average Bonchev–Trinajstić information content (AvgIpc) is 3.23. The molecule has 0 saturated carbocycles. The Hall–Kier alpha value is -4.17. The Morgan fingerprint density at radius 3 is 2.41 bits per heavy atom. The molecule has 2 aliphatic heterocycles. The van der Waals surface area contributed by atoms with Crippen molar-refractivity contribution >= 4 is 11.9 Å². The maximum atomic E-state index is 13.4. The summed E-state index contributed by atoms with van der Waals surface area (Å²) in [6.45, 7) is 3.64. The van der Waals surface area contributed by atoms with Crippen LogP contribution >= 0.6 is 0 Å². The Kier molecular flexibility index (Phi) is 6.67. The van der Waals surface area contributed by atoms with Crippen LogP contribution in [0.3, 0.4) is 0 Å². The highest BCUT2D eigenvalue weighted by molar-refractivity contribution is 6.15. The number of methoxy groups -OCH3 is 4. The number of nitrogens with zero attached hydrogens (tertiary/aromatic N) is 1. The second-order valence-electron chi connectivity index (χ2n) is 8.80. The summed E-state index contributed by atoms with van der Waals surface area (Å²) in [6.07, 6.45) is 1.66. The van der Waals surface area contributed by atoms with Crippen LogP contribution in [0.1, 0.15) is 32.6 Å². The molecular weight excluding hydrogens is 474 g/mol. The molecule has 0 saturated heterocycles. The Labute approximate surface area is 215 Å². The van der Waals surface area contributed by atoms with E-state index in [1.165, 1.54) is 14.2 Å². The number of fused-ring (bicyclic) bond motifs is 2. The summed E-state index contributed by atoms with van der Waals surface area (Å²) in [7, 11) is 6.30. The number of ketones is 1. The van der Waals surface area contributed by atoms with E-state index in [-0.39, 0.29) is 11.5 Å². The molecule has 0 amide bonds. The van der Waals surface area contributed by atoms with Gasteiger partial charge in [0.2, 0.25) is 11.5 Å². The van der Waals surface area contributed by atoms with Gasteiger partial charge in [-0.25, -0.2) is 0 Å². The van der Waals surface area contributed by atoms with E-state index in [2.05, 4.69) is 4.90 Å². The normalized spacial score (nSPS) is 15.5. The molecule has 0 unspecified atom stereocenters. The first-order chi connectivity index (χ1) is 18.0. The first kappa shape index (κ1) is 24.5. The highest BCUT2D eigenvalue weighted by Gasteiger charge is 2.34. The van der Waals surface area contributed by atoms with Crippen LogP contribution in [0, 0.1) is 6.92 Å². The van der Waals surface area contributed by atoms with Crippen molar-refractivity contribution in [3.63, 3.8) is 0 Å². The van der Waals surface area contributed by atoms with Gasteiger partial charge in [-0.15, -0.1) is 0 Å². The van der Waals surface area contributed by atoms with Gasteiger partial charge >= 0.3 is 0 Å². The van der Waals surface area contributed by atoms with Crippen LogP contribution in [-0.2, 0) is 13.1 Å². The molecular formula is C29H29NO7. The Bertz CT molecular complexity index is 1400. The lowest BCUT2D eigenvalue weighted by molar-refractivity contribution is 0.0869. The van der Waals surface area contributed by atoms with Gasteiger partial charge in [0.1, 0.15) is 24.0 Å². The summed E-state index contributed by atoms with van der Waals surface area (Å²) in [5.74, 6) is 3.55. The van der Waals surface area contributed by atoms with Crippen molar-refractivity contribution in [1.29, 1.82) is 0 Å². The molecule has 0 fully saturated rings.